The molecule has 0 aliphatic carbocycles. The third kappa shape index (κ3) is 10.8. The molecule has 0 N–H and O–H groups in total. The summed E-state index contributed by atoms with van der Waals surface area (Å²) in [6.07, 6.45) is 9.64. The molecular formula is C29H43FO3. The zero-order valence-corrected chi connectivity index (χ0v) is 21.2. The van der Waals surface area contributed by atoms with Gasteiger partial charge in [0, 0.05) is 0 Å². The number of hydrogen-bond acceptors (Lipinski definition) is 3. The summed E-state index contributed by atoms with van der Waals surface area (Å²) in [5.74, 6) is -0.222. The average Bonchev–Trinajstić information content (AvgIpc) is 2.77. The Bertz CT molecular complexity index is 745. The molecule has 184 valence electrons. The average molecular weight is 459 g/mol. The first-order chi connectivity index (χ1) is 15.9. The van der Waals surface area contributed by atoms with Crippen LogP contribution in [0.15, 0.2) is 48.5 Å². The highest BCUT2D eigenvalue weighted by molar-refractivity contribution is 5.63. The first-order valence-electron chi connectivity index (χ1n) is 12.7. The molecule has 0 bridgehead atoms. The van der Waals surface area contributed by atoms with E-state index in [1.54, 1.807) is 12.1 Å². The molecule has 0 aromatic heterocycles. The molecule has 0 saturated heterocycles. The second kappa shape index (κ2) is 15.2. The first kappa shape index (κ1) is 27.5. The molecule has 0 spiro atoms. The Labute approximate surface area is 200 Å². The molecule has 0 amide bonds. The number of hydrogen-bond donors (Lipinski definition) is 0. The van der Waals surface area contributed by atoms with Gasteiger partial charge in [0.1, 0.15) is 5.82 Å². The van der Waals surface area contributed by atoms with Crippen LogP contribution in [0.4, 0.5) is 4.39 Å². The molecule has 3 nitrogen and oxygen atoms in total. The number of halogens is 1. The summed E-state index contributed by atoms with van der Waals surface area (Å²) in [6.45, 7) is 9.51. The molecule has 2 aromatic rings. The second-order valence-corrected chi connectivity index (χ2v) is 9.32. The lowest BCUT2D eigenvalue weighted by atomic mass is 9.98. The Hall–Kier alpha value is -1.75. The maximum absolute atomic E-state index is 13.3. The molecule has 2 rings (SSSR count). The van der Waals surface area contributed by atoms with E-state index in [0.717, 1.165) is 29.5 Å². The Morgan fingerprint density at radius 1 is 0.636 bits per heavy atom. The summed E-state index contributed by atoms with van der Waals surface area (Å²) >= 11 is 0. The van der Waals surface area contributed by atoms with Crippen molar-refractivity contribution < 1.29 is 18.6 Å². The lowest BCUT2D eigenvalue weighted by Crippen LogP contribution is -2.29. The molecule has 0 aliphatic heterocycles. The molecule has 2 aromatic carbocycles. The van der Waals surface area contributed by atoms with Crippen LogP contribution in [0, 0.1) is 5.82 Å². The van der Waals surface area contributed by atoms with Crippen molar-refractivity contribution in [1.82, 2.24) is 0 Å². The quantitative estimate of drug-likeness (QED) is 0.186. The van der Waals surface area contributed by atoms with Crippen molar-refractivity contribution >= 4 is 0 Å². The van der Waals surface area contributed by atoms with Crippen LogP contribution in [0.5, 0.6) is 0 Å². The van der Waals surface area contributed by atoms with Crippen LogP contribution in [0.3, 0.4) is 0 Å². The van der Waals surface area contributed by atoms with Gasteiger partial charge >= 0.3 is 0 Å². The molecule has 4 heteroatoms. The van der Waals surface area contributed by atoms with Crippen LogP contribution in [-0.2, 0) is 14.2 Å². The van der Waals surface area contributed by atoms with Crippen LogP contribution < -0.4 is 0 Å². The number of ether oxygens (including phenoxy) is 3. The van der Waals surface area contributed by atoms with Crippen LogP contribution >= 0.6 is 0 Å². The molecule has 1 atom stereocenters. The zero-order valence-electron chi connectivity index (χ0n) is 21.2. The van der Waals surface area contributed by atoms with Gasteiger partial charge in [0.25, 0.3) is 6.48 Å². The topological polar surface area (TPSA) is 27.7 Å². The number of rotatable bonds is 16. The zero-order chi connectivity index (χ0) is 24.1. The normalized spacial score (nSPS) is 12.8. The lowest BCUT2D eigenvalue weighted by Gasteiger charge is -2.28. The fourth-order valence-electron chi connectivity index (χ4n) is 3.81. The van der Waals surface area contributed by atoms with E-state index in [1.165, 1.54) is 50.7 Å². The van der Waals surface area contributed by atoms with E-state index >= 15 is 0 Å². The van der Waals surface area contributed by atoms with Crippen LogP contribution in [0.1, 0.15) is 97.7 Å². The van der Waals surface area contributed by atoms with Crippen molar-refractivity contribution in [2.45, 2.75) is 111 Å². The maximum atomic E-state index is 13.3. The van der Waals surface area contributed by atoms with E-state index < -0.39 is 6.48 Å². The van der Waals surface area contributed by atoms with Gasteiger partial charge in [0.15, 0.2) is 0 Å². The van der Waals surface area contributed by atoms with Crippen molar-refractivity contribution in [3.63, 3.8) is 0 Å². The fourth-order valence-corrected chi connectivity index (χ4v) is 3.81. The van der Waals surface area contributed by atoms with Gasteiger partial charge in [0.2, 0.25) is 0 Å². The molecular weight excluding hydrogens is 415 g/mol. The Morgan fingerprint density at radius 2 is 1.12 bits per heavy atom. The summed E-state index contributed by atoms with van der Waals surface area (Å²) in [6, 6.07) is 15.0. The monoisotopic (exact) mass is 458 g/mol. The minimum atomic E-state index is -0.698. The Balaban J connectivity index is 2.08. The lowest BCUT2D eigenvalue weighted by molar-refractivity contribution is -0.328. The van der Waals surface area contributed by atoms with Gasteiger partial charge in [-0.15, -0.1) is 0 Å². The van der Waals surface area contributed by atoms with E-state index in [9.17, 15) is 4.39 Å². The molecule has 0 heterocycles. The molecule has 0 saturated carbocycles. The van der Waals surface area contributed by atoms with E-state index in [-0.39, 0.29) is 24.1 Å². The molecule has 0 aliphatic rings. The number of unbranched alkanes of at least 4 members (excludes halogenated alkanes) is 6. The van der Waals surface area contributed by atoms with Gasteiger partial charge < -0.3 is 14.2 Å². The molecule has 1 unspecified atom stereocenters. The summed E-state index contributed by atoms with van der Waals surface area (Å²) in [5.41, 5.74) is 3.16. The van der Waals surface area contributed by atoms with Gasteiger partial charge in [-0.3, -0.25) is 0 Å². The summed E-state index contributed by atoms with van der Waals surface area (Å²) < 4.78 is 31.5. The Morgan fingerprint density at radius 3 is 1.64 bits per heavy atom. The largest absolute Gasteiger partial charge is 0.327 e. The summed E-state index contributed by atoms with van der Waals surface area (Å²) in [7, 11) is 0. The Kier molecular flexibility index (Phi) is 12.7. The maximum Gasteiger partial charge on any atom is 0.272 e. The van der Waals surface area contributed by atoms with Crippen molar-refractivity contribution in [1.29, 1.82) is 0 Å². The van der Waals surface area contributed by atoms with Crippen LogP contribution in [0.2, 0.25) is 0 Å². The third-order valence-electron chi connectivity index (χ3n) is 5.57. The van der Waals surface area contributed by atoms with Crippen LogP contribution in [0.25, 0.3) is 11.1 Å². The second-order valence-electron chi connectivity index (χ2n) is 9.32. The van der Waals surface area contributed by atoms with E-state index in [1.807, 2.05) is 27.7 Å². The van der Waals surface area contributed by atoms with Crippen molar-refractivity contribution in [2.24, 2.45) is 0 Å². The van der Waals surface area contributed by atoms with E-state index in [2.05, 4.69) is 31.2 Å². The van der Waals surface area contributed by atoms with Crippen molar-refractivity contribution in [3.05, 3.63) is 59.9 Å². The van der Waals surface area contributed by atoms with Gasteiger partial charge in [-0.2, -0.15) is 0 Å². The first-order valence-corrected chi connectivity index (χ1v) is 12.7. The SMILES string of the molecule is CCCCCCCCCC(OC(OC(C)C)OC(C)C)c1ccc(-c2ccc(F)cc2)cc1. The smallest absolute Gasteiger partial charge is 0.272 e. The van der Waals surface area contributed by atoms with E-state index in [0.29, 0.717) is 0 Å². The van der Waals surface area contributed by atoms with Crippen molar-refractivity contribution in [3.8, 4) is 11.1 Å². The summed E-state index contributed by atoms with van der Waals surface area (Å²) in [5, 5.41) is 0. The van der Waals surface area contributed by atoms with Gasteiger partial charge in [-0.25, -0.2) is 4.39 Å². The highest BCUT2D eigenvalue weighted by Crippen LogP contribution is 2.29. The van der Waals surface area contributed by atoms with E-state index in [4.69, 9.17) is 14.2 Å². The van der Waals surface area contributed by atoms with Gasteiger partial charge in [-0.05, 0) is 62.9 Å². The highest BCUT2D eigenvalue weighted by Gasteiger charge is 2.22. The highest BCUT2D eigenvalue weighted by atomic mass is 19.1. The molecule has 33 heavy (non-hydrogen) atoms. The predicted molar refractivity (Wildman–Crippen MR) is 135 cm³/mol. The third-order valence-corrected chi connectivity index (χ3v) is 5.57. The predicted octanol–water partition coefficient (Wildman–Crippen LogP) is 8.82. The fraction of sp³-hybridized carbons (Fsp3) is 0.586. The standard InChI is InChI=1S/C29H43FO3/c1-6-7-8-9-10-11-12-13-28(33-29(31-22(2)3)32-23(4)5)26-16-14-24(15-17-26)25-18-20-27(30)21-19-25/h14-23,28-29H,6-13H2,1-5H3. The van der Waals surface area contributed by atoms with Crippen LogP contribution in [-0.4, -0.2) is 18.7 Å². The minimum absolute atomic E-state index is 0.00816. The van der Waals surface area contributed by atoms with Gasteiger partial charge in [0.05, 0.1) is 18.3 Å². The summed E-state index contributed by atoms with van der Waals surface area (Å²) in [4.78, 5) is 0. The molecule has 0 fully saturated rings. The molecule has 0 radical (unpaired) electrons. The minimum Gasteiger partial charge on any atom is -0.327 e. The number of benzene rings is 2. The van der Waals surface area contributed by atoms with Gasteiger partial charge in [-0.1, -0.05) is 88.3 Å². The van der Waals surface area contributed by atoms with Crippen molar-refractivity contribution in [2.75, 3.05) is 0 Å².